The Kier molecular flexibility index (Phi) is 4.22. The Labute approximate surface area is 154 Å². The molecule has 1 unspecified atom stereocenters. The summed E-state index contributed by atoms with van der Waals surface area (Å²) in [4.78, 5) is 18.1. The van der Waals surface area contributed by atoms with Crippen molar-refractivity contribution in [1.29, 1.82) is 0 Å². The molecule has 0 bridgehead atoms. The predicted octanol–water partition coefficient (Wildman–Crippen LogP) is 4.15. The second kappa shape index (κ2) is 6.57. The van der Waals surface area contributed by atoms with E-state index < -0.39 is 11.6 Å². The van der Waals surface area contributed by atoms with Gasteiger partial charge in [0.15, 0.2) is 0 Å². The summed E-state index contributed by atoms with van der Waals surface area (Å²) in [6.07, 6.45) is 0.130. The van der Waals surface area contributed by atoms with Crippen molar-refractivity contribution < 1.29 is 18.1 Å². The monoisotopic (exact) mass is 369 g/mol. The molecule has 4 rings (SSSR count). The van der Waals surface area contributed by atoms with E-state index in [0.29, 0.717) is 11.7 Å². The maximum absolute atomic E-state index is 14.0. The van der Waals surface area contributed by atoms with Gasteiger partial charge in [-0.15, -0.1) is 0 Å². The lowest BCUT2D eigenvalue weighted by molar-refractivity contribution is -0.117. The number of anilines is 1. The maximum Gasteiger partial charge on any atom is 0.232 e. The number of nitrogens with zero attached hydrogens (tertiary/aromatic N) is 3. The van der Waals surface area contributed by atoms with E-state index in [-0.39, 0.29) is 30.5 Å². The van der Waals surface area contributed by atoms with E-state index >= 15 is 0 Å². The lowest BCUT2D eigenvalue weighted by atomic mass is 10.1. The third-order valence-electron chi connectivity index (χ3n) is 4.75. The zero-order valence-corrected chi connectivity index (χ0v) is 14.9. The Hall–Kier alpha value is -3.09. The van der Waals surface area contributed by atoms with Crippen LogP contribution in [0.2, 0.25) is 0 Å². The molecule has 0 spiro atoms. The van der Waals surface area contributed by atoms with Crippen LogP contribution in [0.4, 0.5) is 14.5 Å². The Morgan fingerprint density at radius 3 is 2.74 bits per heavy atom. The third kappa shape index (κ3) is 3.20. The second-order valence-corrected chi connectivity index (χ2v) is 6.78. The van der Waals surface area contributed by atoms with Crippen molar-refractivity contribution in [3.63, 3.8) is 0 Å². The molecule has 27 heavy (non-hydrogen) atoms. The van der Waals surface area contributed by atoms with Crippen molar-refractivity contribution >= 4 is 11.6 Å². The van der Waals surface area contributed by atoms with Crippen LogP contribution in [0, 0.1) is 25.5 Å². The van der Waals surface area contributed by atoms with Gasteiger partial charge in [-0.25, -0.2) is 8.78 Å². The summed E-state index contributed by atoms with van der Waals surface area (Å²) < 4.78 is 32.5. The van der Waals surface area contributed by atoms with Gasteiger partial charge in [0.05, 0.1) is 11.6 Å². The zero-order chi connectivity index (χ0) is 19.1. The van der Waals surface area contributed by atoms with Gasteiger partial charge in [-0.3, -0.25) is 4.79 Å². The van der Waals surface area contributed by atoms with Crippen LogP contribution in [0.3, 0.4) is 0 Å². The molecule has 5 nitrogen and oxygen atoms in total. The van der Waals surface area contributed by atoms with E-state index in [9.17, 15) is 13.6 Å². The summed E-state index contributed by atoms with van der Waals surface area (Å²) >= 11 is 0. The topological polar surface area (TPSA) is 59.2 Å². The van der Waals surface area contributed by atoms with Crippen molar-refractivity contribution in [2.45, 2.75) is 26.2 Å². The molecule has 7 heteroatoms. The van der Waals surface area contributed by atoms with Gasteiger partial charge in [-0.2, -0.15) is 4.98 Å². The molecule has 1 saturated heterocycles. The van der Waals surface area contributed by atoms with Crippen molar-refractivity contribution in [3.05, 3.63) is 65.1 Å². The number of carbonyl (C=O) groups excluding carboxylic acids is 1. The SMILES string of the molecule is Cc1ccc(C)c(-c2noc(C3CC(=O)N(c4ccc(F)cc4F)C3)n2)c1. The Balaban J connectivity index is 1.60. The molecule has 1 aliphatic rings. The standard InChI is InChI=1S/C20H17F2N3O2/c1-11-3-4-12(2)15(7-11)19-23-20(27-24-19)13-8-18(26)25(10-13)17-6-5-14(21)9-16(17)22/h3-7,9,13H,8,10H2,1-2H3. The molecule has 138 valence electrons. The number of rotatable bonds is 3. The minimum atomic E-state index is -0.773. The molecule has 2 aromatic carbocycles. The van der Waals surface area contributed by atoms with Crippen LogP contribution in [-0.4, -0.2) is 22.6 Å². The van der Waals surface area contributed by atoms with E-state index in [4.69, 9.17) is 4.52 Å². The van der Waals surface area contributed by atoms with Gasteiger partial charge in [0, 0.05) is 24.6 Å². The summed E-state index contributed by atoms with van der Waals surface area (Å²) in [7, 11) is 0. The average molecular weight is 369 g/mol. The molecule has 0 N–H and O–H groups in total. The zero-order valence-electron chi connectivity index (χ0n) is 14.9. The molecule has 2 heterocycles. The first-order valence-corrected chi connectivity index (χ1v) is 8.59. The molecular formula is C20H17F2N3O2. The number of aromatic nitrogens is 2. The van der Waals surface area contributed by atoms with Crippen LogP contribution >= 0.6 is 0 Å². The number of benzene rings is 2. The minimum Gasteiger partial charge on any atom is -0.339 e. The fourth-order valence-corrected chi connectivity index (χ4v) is 3.29. The third-order valence-corrected chi connectivity index (χ3v) is 4.75. The van der Waals surface area contributed by atoms with Crippen LogP contribution in [-0.2, 0) is 4.79 Å². The van der Waals surface area contributed by atoms with Crippen LogP contribution in [0.15, 0.2) is 40.9 Å². The molecule has 1 aromatic heterocycles. The molecule has 1 fully saturated rings. The maximum atomic E-state index is 14.0. The molecule has 3 aromatic rings. The Bertz CT molecular complexity index is 1030. The van der Waals surface area contributed by atoms with Crippen molar-refractivity contribution in [3.8, 4) is 11.4 Å². The minimum absolute atomic E-state index is 0.0539. The Morgan fingerprint density at radius 1 is 1.15 bits per heavy atom. The summed E-state index contributed by atoms with van der Waals surface area (Å²) in [5.41, 5.74) is 3.02. The van der Waals surface area contributed by atoms with Crippen LogP contribution in [0.1, 0.15) is 29.4 Å². The summed E-state index contributed by atoms with van der Waals surface area (Å²) in [6.45, 7) is 4.15. The van der Waals surface area contributed by atoms with Crippen molar-refractivity contribution in [2.75, 3.05) is 11.4 Å². The normalized spacial score (nSPS) is 17.0. The highest BCUT2D eigenvalue weighted by atomic mass is 19.1. The summed E-state index contributed by atoms with van der Waals surface area (Å²) in [5.74, 6) is -1.26. The number of aryl methyl sites for hydroxylation is 2. The molecule has 1 aliphatic heterocycles. The van der Waals surface area contributed by atoms with E-state index in [2.05, 4.69) is 10.1 Å². The number of hydrogen-bond acceptors (Lipinski definition) is 4. The van der Waals surface area contributed by atoms with Gasteiger partial charge in [-0.1, -0.05) is 22.9 Å². The highest BCUT2D eigenvalue weighted by Crippen LogP contribution is 2.33. The van der Waals surface area contributed by atoms with Gasteiger partial charge in [-0.05, 0) is 37.6 Å². The lowest BCUT2D eigenvalue weighted by Gasteiger charge is -2.16. The highest BCUT2D eigenvalue weighted by molar-refractivity contribution is 5.96. The fourth-order valence-electron chi connectivity index (χ4n) is 3.29. The quantitative estimate of drug-likeness (QED) is 0.696. The predicted molar refractivity (Wildman–Crippen MR) is 95.3 cm³/mol. The molecule has 1 atom stereocenters. The molecule has 0 saturated carbocycles. The van der Waals surface area contributed by atoms with Crippen LogP contribution in [0.5, 0.6) is 0 Å². The van der Waals surface area contributed by atoms with E-state index in [1.54, 1.807) is 0 Å². The number of amides is 1. The summed E-state index contributed by atoms with van der Waals surface area (Å²) in [5, 5.41) is 4.05. The Morgan fingerprint density at radius 2 is 1.96 bits per heavy atom. The molecule has 1 amide bonds. The molecule has 0 radical (unpaired) electrons. The summed E-state index contributed by atoms with van der Waals surface area (Å²) in [6, 6.07) is 9.12. The van der Waals surface area contributed by atoms with Crippen LogP contribution < -0.4 is 4.90 Å². The average Bonchev–Trinajstić information content (AvgIpc) is 3.24. The first kappa shape index (κ1) is 17.3. The van der Waals surface area contributed by atoms with E-state index in [1.807, 2.05) is 32.0 Å². The largest absolute Gasteiger partial charge is 0.339 e. The van der Waals surface area contributed by atoms with E-state index in [1.165, 1.54) is 11.0 Å². The second-order valence-electron chi connectivity index (χ2n) is 6.78. The molecule has 0 aliphatic carbocycles. The van der Waals surface area contributed by atoms with Gasteiger partial charge < -0.3 is 9.42 Å². The van der Waals surface area contributed by atoms with Gasteiger partial charge in [0.25, 0.3) is 0 Å². The number of hydrogen-bond donors (Lipinski definition) is 0. The first-order valence-electron chi connectivity index (χ1n) is 8.59. The van der Waals surface area contributed by atoms with Gasteiger partial charge >= 0.3 is 0 Å². The fraction of sp³-hybridized carbons (Fsp3) is 0.250. The number of carbonyl (C=O) groups is 1. The van der Waals surface area contributed by atoms with Gasteiger partial charge in [0.1, 0.15) is 11.6 Å². The van der Waals surface area contributed by atoms with Gasteiger partial charge in [0.2, 0.25) is 17.6 Å². The van der Waals surface area contributed by atoms with Crippen LogP contribution in [0.25, 0.3) is 11.4 Å². The molecular weight excluding hydrogens is 352 g/mol. The smallest absolute Gasteiger partial charge is 0.232 e. The number of halogens is 2. The lowest BCUT2D eigenvalue weighted by Crippen LogP contribution is -2.25. The van der Waals surface area contributed by atoms with Crippen molar-refractivity contribution in [2.24, 2.45) is 0 Å². The van der Waals surface area contributed by atoms with Crippen molar-refractivity contribution in [1.82, 2.24) is 10.1 Å². The van der Waals surface area contributed by atoms with E-state index in [0.717, 1.165) is 28.8 Å². The first-order chi connectivity index (χ1) is 12.9. The highest BCUT2D eigenvalue weighted by Gasteiger charge is 2.36.